The van der Waals surface area contributed by atoms with E-state index in [0.29, 0.717) is 23.3 Å². The van der Waals surface area contributed by atoms with Crippen LogP contribution in [0.5, 0.6) is 0 Å². The summed E-state index contributed by atoms with van der Waals surface area (Å²) in [6.45, 7) is 4.66. The fourth-order valence-electron chi connectivity index (χ4n) is 4.39. The number of benzene rings is 1. The molecule has 1 aromatic carbocycles. The summed E-state index contributed by atoms with van der Waals surface area (Å²) in [6.07, 6.45) is 3.83. The van der Waals surface area contributed by atoms with Crippen molar-refractivity contribution in [2.24, 2.45) is 11.7 Å². The molecule has 3 rings (SSSR count). The number of thiazole rings is 1. The van der Waals surface area contributed by atoms with E-state index >= 15 is 4.39 Å². The number of aryl methyl sites for hydroxylation is 1. The van der Waals surface area contributed by atoms with E-state index in [-0.39, 0.29) is 34.4 Å². The summed E-state index contributed by atoms with van der Waals surface area (Å²) in [5.41, 5.74) is 4.83. The van der Waals surface area contributed by atoms with Gasteiger partial charge in [-0.25, -0.2) is 14.7 Å². The third-order valence-electron chi connectivity index (χ3n) is 6.96. The van der Waals surface area contributed by atoms with Crippen LogP contribution < -0.4 is 10.6 Å². The summed E-state index contributed by atoms with van der Waals surface area (Å²) in [7, 11) is 0. The van der Waals surface area contributed by atoms with E-state index in [2.05, 4.69) is 16.9 Å². The first kappa shape index (κ1) is 34.9. The Balaban J connectivity index is 1.91. The van der Waals surface area contributed by atoms with Crippen molar-refractivity contribution >= 4 is 34.2 Å². The monoisotopic (exact) mass is 638 g/mol. The Kier molecular flexibility index (Phi) is 13.1. The van der Waals surface area contributed by atoms with Gasteiger partial charge in [0, 0.05) is 18.0 Å². The smallest absolute Gasteiger partial charge is 0.423 e. The zero-order chi connectivity index (χ0) is 32.3. The molecule has 2 heterocycles. The minimum absolute atomic E-state index is 0.0843. The van der Waals surface area contributed by atoms with E-state index < -0.39 is 41.8 Å². The van der Waals surface area contributed by atoms with Gasteiger partial charge in [-0.3, -0.25) is 9.78 Å². The molecule has 1 amide bonds. The number of nitrogens with zero attached hydrogens (tertiary/aromatic N) is 3. The molecule has 0 radical (unpaired) electrons. The first-order valence-corrected chi connectivity index (χ1v) is 15.4. The van der Waals surface area contributed by atoms with Crippen LogP contribution in [0.3, 0.4) is 0 Å². The number of hydrogen-bond donors (Lipinski definition) is 1. The Morgan fingerprint density at radius 1 is 1.05 bits per heavy atom. The van der Waals surface area contributed by atoms with Gasteiger partial charge in [0.15, 0.2) is 0 Å². The number of nitrogens with two attached hydrogens (primary N) is 1. The molecule has 13 heteroatoms. The van der Waals surface area contributed by atoms with Gasteiger partial charge in [0.1, 0.15) is 11.7 Å². The molecule has 0 aliphatic rings. The largest absolute Gasteiger partial charge is 0.427 e. The quantitative estimate of drug-likeness (QED) is 0.0771. The highest BCUT2D eigenvalue weighted by atomic mass is 32.1. The summed E-state index contributed by atoms with van der Waals surface area (Å²) in [4.78, 5) is 34.2. The fraction of sp³-hybridized carbons (Fsp3) is 0.484. The van der Waals surface area contributed by atoms with Crippen molar-refractivity contribution in [1.82, 2.24) is 9.97 Å². The average molecular weight is 639 g/mol. The molecule has 44 heavy (non-hydrogen) atoms. The molecule has 240 valence electrons. The van der Waals surface area contributed by atoms with Crippen LogP contribution in [-0.4, -0.2) is 34.9 Å². The van der Waals surface area contributed by atoms with Gasteiger partial charge in [-0.2, -0.15) is 17.6 Å². The Bertz CT molecular complexity index is 1370. The van der Waals surface area contributed by atoms with Crippen molar-refractivity contribution in [1.29, 1.82) is 0 Å². The number of esters is 1. The van der Waals surface area contributed by atoms with Crippen molar-refractivity contribution in [3.63, 3.8) is 0 Å². The number of hydrogen-bond acceptors (Lipinski definition) is 8. The van der Waals surface area contributed by atoms with Crippen LogP contribution in [0.2, 0.25) is 0 Å². The Morgan fingerprint density at radius 3 is 2.39 bits per heavy atom. The molecule has 1 unspecified atom stereocenters. The molecule has 0 fully saturated rings. The van der Waals surface area contributed by atoms with Crippen LogP contribution in [0.1, 0.15) is 76.8 Å². The lowest BCUT2D eigenvalue weighted by Gasteiger charge is -2.22. The molecular weight excluding hydrogens is 600 g/mol. The number of alkyl halides is 3. The third-order valence-corrected chi connectivity index (χ3v) is 7.79. The summed E-state index contributed by atoms with van der Waals surface area (Å²) >= 11 is 0.442. The van der Waals surface area contributed by atoms with Crippen LogP contribution in [0.4, 0.5) is 33.2 Å². The number of pyridine rings is 1. The van der Waals surface area contributed by atoms with Crippen molar-refractivity contribution in [3.05, 3.63) is 59.0 Å². The van der Waals surface area contributed by atoms with Gasteiger partial charge in [-0.1, -0.05) is 76.7 Å². The van der Waals surface area contributed by atoms with Crippen LogP contribution in [0, 0.1) is 11.0 Å². The zero-order valence-corrected chi connectivity index (χ0v) is 25.8. The maximum Gasteiger partial charge on any atom is 0.423 e. The van der Waals surface area contributed by atoms with Gasteiger partial charge in [-0.05, 0) is 48.6 Å². The van der Waals surface area contributed by atoms with Gasteiger partial charge in [0.05, 0.1) is 11.3 Å². The number of ether oxygens (including phenoxy) is 2. The molecule has 2 N–H and O–H groups in total. The van der Waals surface area contributed by atoms with Crippen molar-refractivity contribution in [2.75, 3.05) is 11.7 Å². The lowest BCUT2D eigenvalue weighted by Crippen LogP contribution is -2.38. The molecule has 1 atom stereocenters. The highest BCUT2D eigenvalue weighted by Gasteiger charge is 2.35. The normalized spacial score (nSPS) is 12.3. The van der Waals surface area contributed by atoms with E-state index in [9.17, 15) is 22.8 Å². The van der Waals surface area contributed by atoms with E-state index in [1.807, 2.05) is 0 Å². The molecular formula is C31H38F4N4O4S. The molecule has 0 aliphatic carbocycles. The number of aromatic nitrogens is 2. The standard InChI is InChI=1S/C31H38F4N4O4S/c1-4-5-6-7-8-9-10-12-21-14-15-23(17-24(21)31(33,34)35)39(30(41)43-19-42-28(40)25(36)20(2)3)29-38-26(27(32)44-29)22-13-11-16-37-18-22/h11,13-18,20,25H,4-10,12,19,36H2,1-3H3. The molecule has 3 aromatic rings. The minimum Gasteiger partial charge on any atom is -0.427 e. The van der Waals surface area contributed by atoms with Gasteiger partial charge in [0.2, 0.25) is 17.1 Å². The molecule has 0 saturated heterocycles. The fourth-order valence-corrected chi connectivity index (χ4v) is 5.22. The van der Waals surface area contributed by atoms with Crippen LogP contribution in [0.25, 0.3) is 11.3 Å². The summed E-state index contributed by atoms with van der Waals surface area (Å²) in [6, 6.07) is 5.60. The number of rotatable bonds is 15. The van der Waals surface area contributed by atoms with Crippen LogP contribution in [-0.2, 0) is 26.9 Å². The van der Waals surface area contributed by atoms with E-state index in [0.717, 1.165) is 49.5 Å². The summed E-state index contributed by atoms with van der Waals surface area (Å²) in [5.74, 6) is -1.08. The number of amides is 1. The predicted octanol–water partition coefficient (Wildman–Crippen LogP) is 8.41. The lowest BCUT2D eigenvalue weighted by molar-refractivity contribution is -0.154. The first-order valence-electron chi connectivity index (χ1n) is 14.6. The van der Waals surface area contributed by atoms with Crippen LogP contribution in [0.15, 0.2) is 42.7 Å². The third kappa shape index (κ3) is 9.71. The van der Waals surface area contributed by atoms with Gasteiger partial charge in [0.25, 0.3) is 0 Å². The highest BCUT2D eigenvalue weighted by molar-refractivity contribution is 7.14. The van der Waals surface area contributed by atoms with Crippen molar-refractivity contribution in [2.45, 2.75) is 84.4 Å². The first-order chi connectivity index (χ1) is 20.9. The van der Waals surface area contributed by atoms with Gasteiger partial charge in [-0.15, -0.1) is 0 Å². The molecule has 0 saturated carbocycles. The second-order valence-electron chi connectivity index (χ2n) is 10.7. The minimum atomic E-state index is -4.72. The maximum absolute atomic E-state index is 15.0. The molecule has 2 aromatic heterocycles. The highest BCUT2D eigenvalue weighted by Crippen LogP contribution is 2.40. The van der Waals surface area contributed by atoms with E-state index in [1.54, 1.807) is 26.0 Å². The zero-order valence-electron chi connectivity index (χ0n) is 25.0. The van der Waals surface area contributed by atoms with E-state index in [4.69, 9.17) is 15.2 Å². The summed E-state index contributed by atoms with van der Waals surface area (Å²) < 4.78 is 67.8. The van der Waals surface area contributed by atoms with Gasteiger partial charge >= 0.3 is 18.2 Å². The molecule has 0 aliphatic heterocycles. The predicted molar refractivity (Wildman–Crippen MR) is 161 cm³/mol. The lowest BCUT2D eigenvalue weighted by atomic mass is 9.99. The average Bonchev–Trinajstić information content (AvgIpc) is 3.37. The Morgan fingerprint density at radius 2 is 1.75 bits per heavy atom. The summed E-state index contributed by atoms with van der Waals surface area (Å²) in [5, 5.41) is -1.07. The number of unbranched alkanes of at least 4 members (excludes halogenated alkanes) is 6. The molecule has 0 spiro atoms. The Labute approximate surface area is 258 Å². The van der Waals surface area contributed by atoms with Crippen molar-refractivity contribution < 1.29 is 36.6 Å². The molecule has 8 nitrogen and oxygen atoms in total. The second-order valence-corrected chi connectivity index (χ2v) is 11.6. The Hall–Kier alpha value is -3.58. The van der Waals surface area contributed by atoms with Crippen molar-refractivity contribution in [3.8, 4) is 11.3 Å². The SMILES string of the molecule is CCCCCCCCCc1ccc(N(C(=O)OCOC(=O)C(N)C(C)C)c2nc(-c3cccnc3)c(F)s2)cc1C(F)(F)F. The number of carbonyl (C=O) groups is 2. The number of anilines is 2. The number of halogens is 4. The number of carbonyl (C=O) groups excluding carboxylic acids is 2. The van der Waals surface area contributed by atoms with Gasteiger partial charge < -0.3 is 15.2 Å². The topological polar surface area (TPSA) is 108 Å². The van der Waals surface area contributed by atoms with E-state index in [1.165, 1.54) is 24.5 Å². The maximum atomic E-state index is 15.0. The second kappa shape index (κ2) is 16.5. The van der Waals surface area contributed by atoms with Crippen LogP contribution >= 0.6 is 11.3 Å². The molecule has 0 bridgehead atoms.